The molecule has 0 aliphatic carbocycles. The minimum atomic E-state index is -0.178. The summed E-state index contributed by atoms with van der Waals surface area (Å²) in [4.78, 5) is 7.56. The Labute approximate surface area is 106 Å². The molecular formula is C12H19N5O. The van der Waals surface area contributed by atoms with Crippen molar-refractivity contribution < 1.29 is 5.11 Å². The van der Waals surface area contributed by atoms with Gasteiger partial charge in [-0.2, -0.15) is 4.99 Å². The van der Waals surface area contributed by atoms with Crippen LogP contribution in [-0.4, -0.2) is 17.0 Å². The highest BCUT2D eigenvalue weighted by atomic mass is 16.3. The summed E-state index contributed by atoms with van der Waals surface area (Å²) in [6.07, 6.45) is 0. The van der Waals surface area contributed by atoms with Crippen LogP contribution in [0.4, 0.5) is 5.69 Å². The maximum absolute atomic E-state index is 9.71. The normalized spacial score (nSPS) is 12.3. The van der Waals surface area contributed by atoms with Crippen molar-refractivity contribution in [3.8, 4) is 5.75 Å². The van der Waals surface area contributed by atoms with Crippen molar-refractivity contribution >= 4 is 17.6 Å². The molecule has 0 saturated carbocycles. The summed E-state index contributed by atoms with van der Waals surface area (Å²) in [7, 11) is 0. The Morgan fingerprint density at radius 3 is 2.28 bits per heavy atom. The maximum atomic E-state index is 9.71. The van der Waals surface area contributed by atoms with Crippen molar-refractivity contribution in [1.29, 1.82) is 0 Å². The van der Waals surface area contributed by atoms with Crippen LogP contribution >= 0.6 is 0 Å². The Morgan fingerprint density at radius 2 is 1.78 bits per heavy atom. The van der Waals surface area contributed by atoms with Crippen molar-refractivity contribution in [3.63, 3.8) is 0 Å². The first kappa shape index (κ1) is 13.8. The molecule has 0 spiro atoms. The lowest BCUT2D eigenvalue weighted by Gasteiger charge is -2.19. The highest BCUT2D eigenvalue weighted by Gasteiger charge is 2.15. The number of guanidine groups is 2. The van der Waals surface area contributed by atoms with Crippen molar-refractivity contribution in [1.82, 2.24) is 0 Å². The predicted molar refractivity (Wildman–Crippen MR) is 73.9 cm³/mol. The second-order valence-corrected chi connectivity index (χ2v) is 4.96. The lowest BCUT2D eigenvalue weighted by Crippen LogP contribution is -2.26. The molecule has 0 amide bonds. The van der Waals surface area contributed by atoms with Gasteiger partial charge in [0.15, 0.2) is 5.96 Å². The molecule has 0 fully saturated rings. The third-order valence-electron chi connectivity index (χ3n) is 2.32. The number of nitrogens with two attached hydrogens (primary N) is 3. The molecule has 18 heavy (non-hydrogen) atoms. The van der Waals surface area contributed by atoms with Gasteiger partial charge in [0.2, 0.25) is 5.96 Å². The highest BCUT2D eigenvalue weighted by Crippen LogP contribution is 2.32. The third kappa shape index (κ3) is 3.65. The van der Waals surface area contributed by atoms with Crippen LogP contribution in [0.3, 0.4) is 0 Å². The first-order chi connectivity index (χ1) is 8.20. The number of nitrogens with zero attached hydrogens (tertiary/aromatic N) is 2. The Morgan fingerprint density at radius 1 is 1.17 bits per heavy atom. The number of aliphatic imine (C=N–C) groups is 2. The standard InChI is InChI=1S/C12H19N5O/c1-12(2,3)7-4-5-9(18)8(6-7)16-11(15)17-10(13)14/h4-6,18H,1-3H3,(H6,13,14,15,16,17). The predicted octanol–water partition coefficient (Wildman–Crippen LogP) is 0.909. The SMILES string of the molecule is CC(C)(C)c1ccc(O)c(N=C(N)N=C(N)N)c1. The molecule has 7 N–H and O–H groups in total. The van der Waals surface area contributed by atoms with Crippen LogP contribution in [0.1, 0.15) is 26.3 Å². The van der Waals surface area contributed by atoms with Crippen molar-refractivity contribution in [2.24, 2.45) is 27.2 Å². The van der Waals surface area contributed by atoms with Crippen LogP contribution in [0, 0.1) is 0 Å². The summed E-state index contributed by atoms with van der Waals surface area (Å²) in [6.45, 7) is 6.19. The second kappa shape index (κ2) is 4.95. The van der Waals surface area contributed by atoms with Gasteiger partial charge in [0.05, 0.1) is 0 Å². The van der Waals surface area contributed by atoms with E-state index >= 15 is 0 Å². The molecule has 0 bridgehead atoms. The van der Waals surface area contributed by atoms with E-state index in [-0.39, 0.29) is 23.1 Å². The number of phenolic OH excluding ortho intramolecular Hbond substituents is 1. The largest absolute Gasteiger partial charge is 0.506 e. The lowest BCUT2D eigenvalue weighted by molar-refractivity contribution is 0.475. The van der Waals surface area contributed by atoms with Gasteiger partial charge in [-0.1, -0.05) is 26.8 Å². The van der Waals surface area contributed by atoms with Crippen LogP contribution < -0.4 is 17.2 Å². The molecule has 0 aliphatic rings. The fourth-order valence-corrected chi connectivity index (χ4v) is 1.36. The molecule has 0 atom stereocenters. The van der Waals surface area contributed by atoms with E-state index in [9.17, 15) is 5.11 Å². The molecule has 1 aromatic rings. The minimum absolute atomic E-state index is 0.0248. The van der Waals surface area contributed by atoms with Crippen LogP contribution in [0.15, 0.2) is 28.2 Å². The number of phenols is 1. The van der Waals surface area contributed by atoms with Gasteiger partial charge in [-0.05, 0) is 23.1 Å². The van der Waals surface area contributed by atoms with Crippen LogP contribution in [0.5, 0.6) is 5.75 Å². The number of rotatable bonds is 1. The van der Waals surface area contributed by atoms with Gasteiger partial charge in [-0.3, -0.25) is 0 Å². The molecule has 0 saturated heterocycles. The molecule has 0 heterocycles. The summed E-state index contributed by atoms with van der Waals surface area (Å²) in [5.74, 6) is -0.254. The summed E-state index contributed by atoms with van der Waals surface area (Å²) in [6, 6.07) is 5.16. The average molecular weight is 249 g/mol. The zero-order valence-corrected chi connectivity index (χ0v) is 10.8. The van der Waals surface area contributed by atoms with E-state index in [1.54, 1.807) is 12.1 Å². The summed E-state index contributed by atoms with van der Waals surface area (Å²) >= 11 is 0. The van der Waals surface area contributed by atoms with Gasteiger partial charge >= 0.3 is 0 Å². The van der Waals surface area contributed by atoms with Crippen LogP contribution in [0.2, 0.25) is 0 Å². The molecule has 6 heteroatoms. The summed E-state index contributed by atoms with van der Waals surface area (Å²) < 4.78 is 0. The van der Waals surface area contributed by atoms with Gasteiger partial charge in [-0.15, -0.1) is 0 Å². The Hall–Kier alpha value is -2.24. The van der Waals surface area contributed by atoms with Gasteiger partial charge in [0, 0.05) is 0 Å². The zero-order valence-electron chi connectivity index (χ0n) is 10.8. The topological polar surface area (TPSA) is 123 Å². The van der Waals surface area contributed by atoms with Crippen molar-refractivity contribution in [2.75, 3.05) is 0 Å². The first-order valence-corrected chi connectivity index (χ1v) is 5.47. The second-order valence-electron chi connectivity index (χ2n) is 4.96. The molecule has 1 rings (SSSR count). The smallest absolute Gasteiger partial charge is 0.223 e. The van der Waals surface area contributed by atoms with E-state index in [4.69, 9.17) is 17.2 Å². The molecule has 6 nitrogen and oxygen atoms in total. The van der Waals surface area contributed by atoms with E-state index < -0.39 is 0 Å². The minimum Gasteiger partial charge on any atom is -0.506 e. The van der Waals surface area contributed by atoms with Crippen molar-refractivity contribution in [2.45, 2.75) is 26.2 Å². The summed E-state index contributed by atoms with van der Waals surface area (Å²) in [5.41, 5.74) is 17.2. The molecule has 98 valence electrons. The van der Waals surface area contributed by atoms with Gasteiger partial charge in [0.25, 0.3) is 0 Å². The molecule has 0 aromatic heterocycles. The molecule has 0 radical (unpaired) electrons. The summed E-state index contributed by atoms with van der Waals surface area (Å²) in [5, 5.41) is 9.71. The van der Waals surface area contributed by atoms with Crippen LogP contribution in [0.25, 0.3) is 0 Å². The average Bonchev–Trinajstić information content (AvgIpc) is 2.18. The number of hydrogen-bond acceptors (Lipinski definition) is 2. The monoisotopic (exact) mass is 249 g/mol. The van der Waals surface area contributed by atoms with E-state index in [2.05, 4.69) is 30.8 Å². The molecule has 0 aliphatic heterocycles. The maximum Gasteiger partial charge on any atom is 0.223 e. The number of hydrogen-bond donors (Lipinski definition) is 4. The quantitative estimate of drug-likeness (QED) is 0.436. The molecule has 0 unspecified atom stereocenters. The Balaban J connectivity index is 3.21. The van der Waals surface area contributed by atoms with E-state index in [1.807, 2.05) is 6.07 Å². The van der Waals surface area contributed by atoms with Crippen LogP contribution in [-0.2, 0) is 5.41 Å². The third-order valence-corrected chi connectivity index (χ3v) is 2.32. The Kier molecular flexibility index (Phi) is 3.80. The van der Waals surface area contributed by atoms with E-state index in [1.165, 1.54) is 0 Å². The van der Waals surface area contributed by atoms with E-state index in [0.29, 0.717) is 5.69 Å². The lowest BCUT2D eigenvalue weighted by atomic mass is 9.87. The van der Waals surface area contributed by atoms with Gasteiger partial charge in [0.1, 0.15) is 11.4 Å². The number of benzene rings is 1. The van der Waals surface area contributed by atoms with Crippen molar-refractivity contribution in [3.05, 3.63) is 23.8 Å². The van der Waals surface area contributed by atoms with Gasteiger partial charge < -0.3 is 22.3 Å². The highest BCUT2D eigenvalue weighted by molar-refractivity contribution is 5.93. The van der Waals surface area contributed by atoms with Gasteiger partial charge in [-0.25, -0.2) is 4.99 Å². The Bertz CT molecular complexity index is 496. The van der Waals surface area contributed by atoms with E-state index in [0.717, 1.165) is 5.56 Å². The zero-order chi connectivity index (χ0) is 13.9. The number of aromatic hydroxyl groups is 1. The first-order valence-electron chi connectivity index (χ1n) is 5.47. The fraction of sp³-hybridized carbons (Fsp3) is 0.333. The molecular weight excluding hydrogens is 230 g/mol. The fourth-order valence-electron chi connectivity index (χ4n) is 1.36. The molecule has 1 aromatic carbocycles.